The molecule has 1 unspecified atom stereocenters. The number of nitrogens with zero attached hydrogens (tertiary/aromatic N) is 1. The summed E-state index contributed by atoms with van der Waals surface area (Å²) < 4.78 is 5.44. The SMILES string of the molecule is CON(C)C(=O)CC(O)CCOCc1ccccc1. The zero-order valence-corrected chi connectivity index (χ0v) is 11.4. The molecule has 1 amide bonds. The largest absolute Gasteiger partial charge is 0.393 e. The third-order valence-electron chi connectivity index (χ3n) is 2.74. The van der Waals surface area contributed by atoms with Gasteiger partial charge in [0.1, 0.15) is 0 Å². The van der Waals surface area contributed by atoms with Crippen molar-refractivity contribution in [2.24, 2.45) is 0 Å². The Kier molecular flexibility index (Phi) is 7.10. The topological polar surface area (TPSA) is 59.0 Å². The van der Waals surface area contributed by atoms with E-state index >= 15 is 0 Å². The second kappa shape index (κ2) is 8.63. The fourth-order valence-corrected chi connectivity index (χ4v) is 1.52. The van der Waals surface area contributed by atoms with Gasteiger partial charge in [0.05, 0.1) is 26.2 Å². The van der Waals surface area contributed by atoms with E-state index in [-0.39, 0.29) is 12.3 Å². The minimum Gasteiger partial charge on any atom is -0.393 e. The molecule has 1 aromatic rings. The molecule has 5 heteroatoms. The predicted molar refractivity (Wildman–Crippen MR) is 71.1 cm³/mol. The number of carbonyl (C=O) groups excluding carboxylic acids is 1. The Hall–Kier alpha value is -1.43. The fourth-order valence-electron chi connectivity index (χ4n) is 1.52. The van der Waals surface area contributed by atoms with Crippen molar-refractivity contribution in [3.63, 3.8) is 0 Å². The number of amides is 1. The Morgan fingerprint density at radius 2 is 2.05 bits per heavy atom. The molecule has 106 valence electrons. The molecule has 1 aromatic carbocycles. The maximum atomic E-state index is 11.4. The quantitative estimate of drug-likeness (QED) is 0.571. The van der Waals surface area contributed by atoms with Crippen LogP contribution in [-0.4, -0.2) is 42.9 Å². The summed E-state index contributed by atoms with van der Waals surface area (Å²) in [5, 5.41) is 10.8. The van der Waals surface area contributed by atoms with Crippen molar-refractivity contribution in [1.29, 1.82) is 0 Å². The van der Waals surface area contributed by atoms with Gasteiger partial charge < -0.3 is 9.84 Å². The first-order chi connectivity index (χ1) is 9.13. The van der Waals surface area contributed by atoms with Crippen LogP contribution in [0.1, 0.15) is 18.4 Å². The van der Waals surface area contributed by atoms with Gasteiger partial charge in [0.2, 0.25) is 5.91 Å². The first kappa shape index (κ1) is 15.6. The van der Waals surface area contributed by atoms with Crippen LogP contribution in [0.4, 0.5) is 0 Å². The molecule has 0 heterocycles. The number of ether oxygens (including phenoxy) is 1. The molecule has 0 spiro atoms. The molecule has 1 rings (SSSR count). The Bertz CT molecular complexity index is 369. The van der Waals surface area contributed by atoms with Crippen LogP contribution in [0.25, 0.3) is 0 Å². The van der Waals surface area contributed by atoms with E-state index in [4.69, 9.17) is 9.57 Å². The van der Waals surface area contributed by atoms with Crippen LogP contribution in [0.2, 0.25) is 0 Å². The Morgan fingerprint density at radius 1 is 1.37 bits per heavy atom. The van der Waals surface area contributed by atoms with Crippen molar-refractivity contribution in [2.75, 3.05) is 20.8 Å². The molecule has 19 heavy (non-hydrogen) atoms. The summed E-state index contributed by atoms with van der Waals surface area (Å²) in [6.45, 7) is 0.930. The van der Waals surface area contributed by atoms with Gasteiger partial charge in [0.15, 0.2) is 0 Å². The van der Waals surface area contributed by atoms with Crippen molar-refractivity contribution in [3.8, 4) is 0 Å². The average molecular weight is 267 g/mol. The number of hydroxylamine groups is 2. The molecule has 5 nitrogen and oxygen atoms in total. The molecular formula is C14H21NO4. The van der Waals surface area contributed by atoms with Crippen molar-refractivity contribution in [2.45, 2.75) is 25.6 Å². The van der Waals surface area contributed by atoms with E-state index < -0.39 is 6.10 Å². The lowest BCUT2D eigenvalue weighted by Gasteiger charge is -2.16. The summed E-state index contributed by atoms with van der Waals surface area (Å²) in [4.78, 5) is 16.2. The number of carbonyl (C=O) groups is 1. The molecule has 0 fully saturated rings. The van der Waals surface area contributed by atoms with Gasteiger partial charge in [-0.25, -0.2) is 5.06 Å². The number of hydrogen-bond donors (Lipinski definition) is 1. The second-order valence-corrected chi connectivity index (χ2v) is 4.26. The molecular weight excluding hydrogens is 246 g/mol. The van der Waals surface area contributed by atoms with E-state index in [1.165, 1.54) is 14.2 Å². The number of aliphatic hydroxyl groups is 1. The van der Waals surface area contributed by atoms with Crippen LogP contribution >= 0.6 is 0 Å². The molecule has 0 saturated carbocycles. The molecule has 1 N–H and O–H groups in total. The predicted octanol–water partition coefficient (Wildman–Crippen LogP) is 1.36. The molecule has 1 atom stereocenters. The third-order valence-corrected chi connectivity index (χ3v) is 2.74. The summed E-state index contributed by atoms with van der Waals surface area (Å²) in [5.41, 5.74) is 1.09. The number of hydrogen-bond acceptors (Lipinski definition) is 4. The first-order valence-corrected chi connectivity index (χ1v) is 6.24. The van der Waals surface area contributed by atoms with E-state index in [9.17, 15) is 9.90 Å². The Morgan fingerprint density at radius 3 is 2.68 bits per heavy atom. The van der Waals surface area contributed by atoms with Crippen LogP contribution < -0.4 is 0 Å². The van der Waals surface area contributed by atoms with E-state index in [1.807, 2.05) is 30.3 Å². The van der Waals surface area contributed by atoms with Crippen molar-refractivity contribution in [1.82, 2.24) is 5.06 Å². The van der Waals surface area contributed by atoms with Crippen molar-refractivity contribution in [3.05, 3.63) is 35.9 Å². The van der Waals surface area contributed by atoms with Crippen LogP contribution in [0.5, 0.6) is 0 Å². The third kappa shape index (κ3) is 6.33. The molecule has 0 saturated heterocycles. The Labute approximate surface area is 113 Å². The van der Waals surface area contributed by atoms with Crippen LogP contribution in [0.3, 0.4) is 0 Å². The lowest BCUT2D eigenvalue weighted by molar-refractivity contribution is -0.170. The first-order valence-electron chi connectivity index (χ1n) is 6.24. The van der Waals surface area contributed by atoms with Gasteiger partial charge in [-0.15, -0.1) is 0 Å². The van der Waals surface area contributed by atoms with Gasteiger partial charge in [-0.05, 0) is 12.0 Å². The minimum absolute atomic E-state index is 0.0407. The average Bonchev–Trinajstić information content (AvgIpc) is 2.43. The highest BCUT2D eigenvalue weighted by molar-refractivity contribution is 5.75. The minimum atomic E-state index is -0.708. The molecule has 0 bridgehead atoms. The molecule has 0 aliphatic heterocycles. The Balaban J connectivity index is 2.14. The maximum Gasteiger partial charge on any atom is 0.248 e. The molecule has 0 radical (unpaired) electrons. The zero-order valence-electron chi connectivity index (χ0n) is 11.4. The number of benzene rings is 1. The molecule has 0 aliphatic rings. The van der Waals surface area contributed by atoms with Gasteiger partial charge in [-0.1, -0.05) is 30.3 Å². The highest BCUT2D eigenvalue weighted by Gasteiger charge is 2.14. The summed E-state index contributed by atoms with van der Waals surface area (Å²) in [6.07, 6.45) is -0.240. The normalized spacial score (nSPS) is 12.2. The highest BCUT2D eigenvalue weighted by Crippen LogP contribution is 2.04. The van der Waals surface area contributed by atoms with Crippen LogP contribution in [0.15, 0.2) is 30.3 Å². The smallest absolute Gasteiger partial charge is 0.248 e. The summed E-state index contributed by atoms with van der Waals surface area (Å²) >= 11 is 0. The van der Waals surface area contributed by atoms with Gasteiger partial charge in [0.25, 0.3) is 0 Å². The molecule has 0 aliphatic carbocycles. The number of aliphatic hydroxyl groups excluding tert-OH is 1. The van der Waals surface area contributed by atoms with E-state index in [0.717, 1.165) is 10.6 Å². The fraction of sp³-hybridized carbons (Fsp3) is 0.500. The maximum absolute atomic E-state index is 11.4. The van der Waals surface area contributed by atoms with Crippen LogP contribution in [-0.2, 0) is 21.0 Å². The standard InChI is InChI=1S/C14H21NO4/c1-15(18-2)14(17)10-13(16)8-9-19-11-12-6-4-3-5-7-12/h3-7,13,16H,8-11H2,1-2H3. The van der Waals surface area contributed by atoms with Gasteiger partial charge in [0, 0.05) is 13.7 Å². The zero-order chi connectivity index (χ0) is 14.1. The summed E-state index contributed by atoms with van der Waals surface area (Å²) in [7, 11) is 2.92. The monoisotopic (exact) mass is 267 g/mol. The molecule has 0 aromatic heterocycles. The summed E-state index contributed by atoms with van der Waals surface area (Å²) in [5.74, 6) is -0.252. The van der Waals surface area contributed by atoms with Gasteiger partial charge in [-0.3, -0.25) is 9.63 Å². The number of rotatable bonds is 8. The lowest BCUT2D eigenvalue weighted by atomic mass is 10.2. The van der Waals surface area contributed by atoms with E-state index in [2.05, 4.69) is 0 Å². The lowest BCUT2D eigenvalue weighted by Crippen LogP contribution is -2.29. The van der Waals surface area contributed by atoms with E-state index in [1.54, 1.807) is 0 Å². The van der Waals surface area contributed by atoms with Crippen molar-refractivity contribution >= 4 is 5.91 Å². The van der Waals surface area contributed by atoms with Crippen molar-refractivity contribution < 1.29 is 19.5 Å². The van der Waals surface area contributed by atoms with E-state index in [0.29, 0.717) is 19.6 Å². The van der Waals surface area contributed by atoms with Crippen LogP contribution in [0, 0.1) is 0 Å². The van der Waals surface area contributed by atoms with Gasteiger partial charge in [-0.2, -0.15) is 0 Å². The highest BCUT2D eigenvalue weighted by atomic mass is 16.7. The summed E-state index contributed by atoms with van der Waals surface area (Å²) in [6, 6.07) is 9.81. The van der Waals surface area contributed by atoms with Gasteiger partial charge >= 0.3 is 0 Å². The second-order valence-electron chi connectivity index (χ2n) is 4.26.